The van der Waals surface area contributed by atoms with Crippen molar-refractivity contribution in [1.82, 2.24) is 5.32 Å². The molecule has 0 amide bonds. The van der Waals surface area contributed by atoms with Crippen LogP contribution in [-0.2, 0) is 0 Å². The van der Waals surface area contributed by atoms with E-state index in [1.54, 1.807) is 0 Å². The Morgan fingerprint density at radius 3 is 1.95 bits per heavy atom. The van der Waals surface area contributed by atoms with Crippen LogP contribution in [-0.4, -0.2) is 11.3 Å². The summed E-state index contributed by atoms with van der Waals surface area (Å²) >= 11 is 0. The fourth-order valence-electron chi connectivity index (χ4n) is 2.36. The minimum absolute atomic E-state index is 0.0220. The molecule has 22 heavy (non-hydrogen) atoms. The first kappa shape index (κ1) is 16.2. The van der Waals surface area contributed by atoms with Crippen LogP contribution in [0.3, 0.4) is 0 Å². The van der Waals surface area contributed by atoms with Gasteiger partial charge in [0.15, 0.2) is 5.78 Å². The maximum Gasteiger partial charge on any atom is 0.190 e. The van der Waals surface area contributed by atoms with Crippen LogP contribution in [0.15, 0.2) is 72.8 Å². The molecular weight excluding hydrogens is 270 g/mol. The van der Waals surface area contributed by atoms with Crippen LogP contribution in [0.2, 0.25) is 0 Å². The zero-order valence-corrected chi connectivity index (χ0v) is 13.5. The van der Waals surface area contributed by atoms with Gasteiger partial charge in [-0.2, -0.15) is 0 Å². The molecule has 0 aliphatic carbocycles. The summed E-state index contributed by atoms with van der Waals surface area (Å²) in [5, 5.41) is 3.50. The SMILES string of the molecule is C=C(C(=O)c1ccccc1)[C@H](NC(C)(C)C)c1ccccc1. The van der Waals surface area contributed by atoms with Crippen molar-refractivity contribution in [1.29, 1.82) is 0 Å². The maximum absolute atomic E-state index is 12.7. The minimum atomic E-state index is -0.200. The first-order valence-corrected chi connectivity index (χ1v) is 7.50. The van der Waals surface area contributed by atoms with Gasteiger partial charge < -0.3 is 5.32 Å². The summed E-state index contributed by atoms with van der Waals surface area (Å²) in [5.74, 6) is -0.0220. The zero-order valence-electron chi connectivity index (χ0n) is 13.5. The van der Waals surface area contributed by atoms with Gasteiger partial charge in [0.2, 0.25) is 0 Å². The number of carbonyl (C=O) groups is 1. The van der Waals surface area contributed by atoms with Crippen LogP contribution < -0.4 is 5.32 Å². The molecule has 0 saturated heterocycles. The molecule has 0 unspecified atom stereocenters. The number of carbonyl (C=O) groups excluding carboxylic acids is 1. The van der Waals surface area contributed by atoms with Gasteiger partial charge in [0, 0.05) is 16.7 Å². The van der Waals surface area contributed by atoms with Gasteiger partial charge in [0.25, 0.3) is 0 Å². The monoisotopic (exact) mass is 293 g/mol. The van der Waals surface area contributed by atoms with E-state index in [2.05, 4.69) is 32.7 Å². The summed E-state index contributed by atoms with van der Waals surface area (Å²) in [6.45, 7) is 10.3. The predicted molar refractivity (Wildman–Crippen MR) is 92.0 cm³/mol. The topological polar surface area (TPSA) is 29.1 Å². The first-order chi connectivity index (χ1) is 10.4. The average Bonchev–Trinajstić information content (AvgIpc) is 2.52. The molecule has 0 fully saturated rings. The second-order valence-electron chi connectivity index (χ2n) is 6.46. The van der Waals surface area contributed by atoms with Crippen molar-refractivity contribution in [2.24, 2.45) is 0 Å². The zero-order chi connectivity index (χ0) is 16.2. The third-order valence-electron chi connectivity index (χ3n) is 3.39. The number of benzene rings is 2. The molecule has 0 bridgehead atoms. The van der Waals surface area contributed by atoms with Crippen LogP contribution in [0.5, 0.6) is 0 Å². The fraction of sp³-hybridized carbons (Fsp3) is 0.250. The molecule has 0 radical (unpaired) electrons. The van der Waals surface area contributed by atoms with E-state index in [0.717, 1.165) is 5.56 Å². The lowest BCUT2D eigenvalue weighted by molar-refractivity contribution is 0.102. The first-order valence-electron chi connectivity index (χ1n) is 7.50. The summed E-state index contributed by atoms with van der Waals surface area (Å²) in [4.78, 5) is 12.7. The van der Waals surface area contributed by atoms with Crippen LogP contribution in [0.1, 0.15) is 42.7 Å². The quantitative estimate of drug-likeness (QED) is 0.647. The minimum Gasteiger partial charge on any atom is -0.301 e. The van der Waals surface area contributed by atoms with Gasteiger partial charge in [0.1, 0.15) is 0 Å². The predicted octanol–water partition coefficient (Wildman–Crippen LogP) is 4.55. The van der Waals surface area contributed by atoms with Crippen molar-refractivity contribution in [3.05, 3.63) is 83.9 Å². The van der Waals surface area contributed by atoms with E-state index in [9.17, 15) is 4.79 Å². The Morgan fingerprint density at radius 1 is 0.955 bits per heavy atom. The largest absolute Gasteiger partial charge is 0.301 e. The van der Waals surface area contributed by atoms with Crippen LogP contribution in [0, 0.1) is 0 Å². The van der Waals surface area contributed by atoms with Crippen molar-refractivity contribution in [2.75, 3.05) is 0 Å². The van der Waals surface area contributed by atoms with E-state index < -0.39 is 0 Å². The number of nitrogens with one attached hydrogen (secondary N) is 1. The standard InChI is InChI=1S/C20H23NO/c1-15(19(22)17-13-9-6-10-14-17)18(21-20(2,3)4)16-11-7-5-8-12-16/h5-14,18,21H,1H2,2-4H3/t18-/m0/s1. The van der Waals surface area contributed by atoms with Gasteiger partial charge in [0.05, 0.1) is 6.04 Å². The second kappa shape index (κ2) is 6.71. The van der Waals surface area contributed by atoms with Crippen LogP contribution >= 0.6 is 0 Å². The highest BCUT2D eigenvalue weighted by atomic mass is 16.1. The molecule has 0 aromatic heterocycles. The summed E-state index contributed by atoms with van der Waals surface area (Å²) in [5.41, 5.74) is 2.16. The molecule has 0 aliphatic heterocycles. The highest BCUT2D eigenvalue weighted by Crippen LogP contribution is 2.26. The Labute approximate surface area is 132 Å². The molecule has 0 aliphatic rings. The molecule has 1 atom stereocenters. The Kier molecular flexibility index (Phi) is 4.94. The summed E-state index contributed by atoms with van der Waals surface area (Å²) in [7, 11) is 0. The van der Waals surface area contributed by atoms with E-state index in [1.807, 2.05) is 60.7 Å². The van der Waals surface area contributed by atoms with E-state index in [0.29, 0.717) is 11.1 Å². The number of hydrogen-bond donors (Lipinski definition) is 1. The third kappa shape index (κ3) is 4.15. The number of hydrogen-bond acceptors (Lipinski definition) is 2. The van der Waals surface area contributed by atoms with Gasteiger partial charge in [-0.3, -0.25) is 4.79 Å². The molecule has 114 valence electrons. The third-order valence-corrected chi connectivity index (χ3v) is 3.39. The summed E-state index contributed by atoms with van der Waals surface area (Å²) in [6, 6.07) is 19.1. The van der Waals surface area contributed by atoms with Crippen molar-refractivity contribution in [3.8, 4) is 0 Å². The van der Waals surface area contributed by atoms with E-state index >= 15 is 0 Å². The molecule has 0 spiro atoms. The van der Waals surface area contributed by atoms with Crippen molar-refractivity contribution in [2.45, 2.75) is 32.4 Å². The molecule has 2 rings (SSSR count). The molecule has 0 heterocycles. The number of ketones is 1. The van der Waals surface area contributed by atoms with Crippen LogP contribution in [0.25, 0.3) is 0 Å². The van der Waals surface area contributed by atoms with E-state index in [4.69, 9.17) is 0 Å². The van der Waals surface area contributed by atoms with E-state index in [-0.39, 0.29) is 17.4 Å². The van der Waals surface area contributed by atoms with Gasteiger partial charge in [-0.05, 0) is 26.3 Å². The Morgan fingerprint density at radius 2 is 1.45 bits per heavy atom. The van der Waals surface area contributed by atoms with E-state index in [1.165, 1.54) is 0 Å². The van der Waals surface area contributed by atoms with Gasteiger partial charge in [-0.15, -0.1) is 0 Å². The smallest absolute Gasteiger partial charge is 0.190 e. The molecule has 2 nitrogen and oxygen atoms in total. The van der Waals surface area contributed by atoms with Gasteiger partial charge >= 0.3 is 0 Å². The van der Waals surface area contributed by atoms with Crippen molar-refractivity contribution < 1.29 is 4.79 Å². The van der Waals surface area contributed by atoms with Gasteiger partial charge in [-0.25, -0.2) is 0 Å². The molecule has 2 heteroatoms. The Hall–Kier alpha value is -2.19. The lowest BCUT2D eigenvalue weighted by Crippen LogP contribution is -2.40. The summed E-state index contributed by atoms with van der Waals surface area (Å²) < 4.78 is 0. The maximum atomic E-state index is 12.7. The molecule has 2 aromatic carbocycles. The normalized spacial score (nSPS) is 12.7. The number of rotatable bonds is 5. The van der Waals surface area contributed by atoms with Crippen LogP contribution in [0.4, 0.5) is 0 Å². The van der Waals surface area contributed by atoms with Crippen molar-refractivity contribution in [3.63, 3.8) is 0 Å². The Bertz CT molecular complexity index is 638. The average molecular weight is 293 g/mol. The Balaban J connectivity index is 2.33. The van der Waals surface area contributed by atoms with Gasteiger partial charge in [-0.1, -0.05) is 67.2 Å². The van der Waals surface area contributed by atoms with Crippen molar-refractivity contribution >= 4 is 5.78 Å². The number of Topliss-reactive ketones (excluding diaryl/α,β-unsaturated/α-hetero) is 1. The second-order valence-corrected chi connectivity index (χ2v) is 6.46. The summed E-state index contributed by atoms with van der Waals surface area (Å²) in [6.07, 6.45) is 0. The molecular formula is C20H23NO. The highest BCUT2D eigenvalue weighted by molar-refractivity contribution is 6.09. The lowest BCUT2D eigenvalue weighted by Gasteiger charge is -2.30. The molecule has 2 aromatic rings. The molecule has 1 N–H and O–H groups in total. The lowest BCUT2D eigenvalue weighted by atomic mass is 9.91. The highest BCUT2D eigenvalue weighted by Gasteiger charge is 2.25. The fourth-order valence-corrected chi connectivity index (χ4v) is 2.36. The molecule has 0 saturated carbocycles.